The molecule has 0 radical (unpaired) electrons. The molecule has 0 heterocycles. The molecule has 22 heavy (non-hydrogen) atoms. The van der Waals surface area contributed by atoms with Crippen molar-refractivity contribution in [3.8, 4) is 0 Å². The van der Waals surface area contributed by atoms with E-state index < -0.39 is 11.7 Å². The predicted molar refractivity (Wildman–Crippen MR) is 82.4 cm³/mol. The Morgan fingerprint density at radius 3 is 2.59 bits per heavy atom. The highest BCUT2D eigenvalue weighted by Crippen LogP contribution is 2.30. The van der Waals surface area contributed by atoms with E-state index >= 15 is 0 Å². The molecule has 7 heteroatoms. The van der Waals surface area contributed by atoms with Crippen molar-refractivity contribution in [2.45, 2.75) is 38.3 Å². The van der Waals surface area contributed by atoms with Crippen LogP contribution in [0.3, 0.4) is 0 Å². The van der Waals surface area contributed by atoms with Gasteiger partial charge in [0.15, 0.2) is 5.11 Å². The summed E-state index contributed by atoms with van der Waals surface area (Å²) in [5.41, 5.74) is -0.571. The van der Waals surface area contributed by atoms with E-state index in [1.165, 1.54) is 12.1 Å². The first kappa shape index (κ1) is 16.7. The van der Waals surface area contributed by atoms with Gasteiger partial charge in [0.25, 0.3) is 0 Å². The predicted octanol–water partition coefficient (Wildman–Crippen LogP) is 4.10. The van der Waals surface area contributed by atoms with E-state index in [1.807, 2.05) is 0 Å². The molecule has 0 atom stereocenters. The average molecular weight is 330 g/mol. The SMILES string of the molecule is O=C(CC1CCCC1)NC(=S)Nc1cccc(C(F)(F)F)c1. The highest BCUT2D eigenvalue weighted by molar-refractivity contribution is 7.80. The maximum Gasteiger partial charge on any atom is 0.416 e. The number of nitrogens with one attached hydrogen (secondary N) is 2. The number of hydrogen-bond acceptors (Lipinski definition) is 2. The first-order valence-corrected chi connectivity index (χ1v) is 7.53. The van der Waals surface area contributed by atoms with Crippen molar-refractivity contribution in [2.24, 2.45) is 5.92 Å². The van der Waals surface area contributed by atoms with Gasteiger partial charge in [0.1, 0.15) is 0 Å². The number of rotatable bonds is 3. The number of benzene rings is 1. The number of hydrogen-bond donors (Lipinski definition) is 2. The second-order valence-electron chi connectivity index (χ2n) is 5.44. The van der Waals surface area contributed by atoms with Crippen LogP contribution >= 0.6 is 12.2 Å². The highest BCUT2D eigenvalue weighted by atomic mass is 32.1. The summed E-state index contributed by atoms with van der Waals surface area (Å²) in [6.07, 6.45) is 0.369. The Hall–Kier alpha value is -1.63. The molecule has 3 nitrogen and oxygen atoms in total. The van der Waals surface area contributed by atoms with Crippen LogP contribution in [0.5, 0.6) is 0 Å². The summed E-state index contributed by atoms with van der Waals surface area (Å²) in [7, 11) is 0. The second-order valence-corrected chi connectivity index (χ2v) is 5.84. The normalized spacial score (nSPS) is 15.6. The van der Waals surface area contributed by atoms with Crippen LogP contribution in [0, 0.1) is 5.92 Å². The zero-order chi connectivity index (χ0) is 16.2. The van der Waals surface area contributed by atoms with Gasteiger partial charge < -0.3 is 10.6 Å². The summed E-state index contributed by atoms with van der Waals surface area (Å²) in [5.74, 6) is 0.188. The molecule has 120 valence electrons. The van der Waals surface area contributed by atoms with Crippen LogP contribution in [-0.2, 0) is 11.0 Å². The van der Waals surface area contributed by atoms with E-state index in [2.05, 4.69) is 10.6 Å². The first-order chi connectivity index (χ1) is 10.3. The molecule has 1 aliphatic rings. The zero-order valence-corrected chi connectivity index (χ0v) is 12.7. The van der Waals surface area contributed by atoms with Gasteiger partial charge in [-0.05, 0) is 49.2 Å². The molecule has 1 amide bonds. The fraction of sp³-hybridized carbons (Fsp3) is 0.467. The van der Waals surface area contributed by atoms with Gasteiger partial charge in [-0.3, -0.25) is 4.79 Å². The monoisotopic (exact) mass is 330 g/mol. The number of anilines is 1. The number of halogens is 3. The maximum atomic E-state index is 12.6. The van der Waals surface area contributed by atoms with Gasteiger partial charge >= 0.3 is 6.18 Å². The molecule has 0 aliphatic heterocycles. The number of amides is 1. The summed E-state index contributed by atoms with van der Waals surface area (Å²) in [5, 5.41) is 5.14. The first-order valence-electron chi connectivity index (χ1n) is 7.12. The van der Waals surface area contributed by atoms with Crippen LogP contribution in [0.1, 0.15) is 37.7 Å². The molecule has 2 N–H and O–H groups in total. The van der Waals surface area contributed by atoms with Crippen LogP contribution in [0.2, 0.25) is 0 Å². The van der Waals surface area contributed by atoms with Crippen molar-refractivity contribution in [3.05, 3.63) is 29.8 Å². The summed E-state index contributed by atoms with van der Waals surface area (Å²) < 4.78 is 37.8. The Bertz CT molecular complexity index is 554. The number of thiocarbonyl (C=S) groups is 1. The molecule has 2 rings (SSSR count). The lowest BCUT2D eigenvalue weighted by Crippen LogP contribution is -2.34. The molecule has 1 aromatic rings. The molecule has 1 saturated carbocycles. The molecule has 0 spiro atoms. The largest absolute Gasteiger partial charge is 0.416 e. The van der Waals surface area contributed by atoms with Crippen LogP contribution in [0.4, 0.5) is 18.9 Å². The Balaban J connectivity index is 1.87. The minimum Gasteiger partial charge on any atom is -0.332 e. The average Bonchev–Trinajstić information content (AvgIpc) is 2.90. The number of carbonyl (C=O) groups is 1. The van der Waals surface area contributed by atoms with Crippen LogP contribution in [-0.4, -0.2) is 11.0 Å². The molecule has 0 bridgehead atoms. The Kier molecular flexibility index (Phi) is 5.39. The molecule has 0 saturated heterocycles. The molecular formula is C15H17F3N2OS. The maximum absolute atomic E-state index is 12.6. The Labute approximate surface area is 132 Å². The fourth-order valence-corrected chi connectivity index (χ4v) is 2.82. The summed E-state index contributed by atoms with van der Waals surface area (Å²) in [6, 6.07) is 4.68. The van der Waals surface area contributed by atoms with E-state index in [-0.39, 0.29) is 16.7 Å². The van der Waals surface area contributed by atoms with Gasteiger partial charge in [0.05, 0.1) is 5.56 Å². The number of alkyl halides is 3. The van der Waals surface area contributed by atoms with Gasteiger partial charge in [0, 0.05) is 12.1 Å². The third-order valence-corrected chi connectivity index (χ3v) is 3.85. The topological polar surface area (TPSA) is 41.1 Å². The molecule has 0 aromatic heterocycles. The van der Waals surface area contributed by atoms with Crippen LogP contribution < -0.4 is 10.6 Å². The van der Waals surface area contributed by atoms with E-state index in [4.69, 9.17) is 12.2 Å². The Morgan fingerprint density at radius 1 is 1.27 bits per heavy atom. The van der Waals surface area contributed by atoms with Gasteiger partial charge in [0.2, 0.25) is 5.91 Å². The molecule has 1 aliphatic carbocycles. The molecule has 0 unspecified atom stereocenters. The minimum atomic E-state index is -4.41. The lowest BCUT2D eigenvalue weighted by atomic mass is 10.0. The van der Waals surface area contributed by atoms with E-state index in [9.17, 15) is 18.0 Å². The van der Waals surface area contributed by atoms with Gasteiger partial charge in [-0.15, -0.1) is 0 Å². The van der Waals surface area contributed by atoms with E-state index in [0.717, 1.165) is 37.8 Å². The molecular weight excluding hydrogens is 313 g/mol. The third-order valence-electron chi connectivity index (χ3n) is 3.65. The van der Waals surface area contributed by atoms with Crippen LogP contribution in [0.25, 0.3) is 0 Å². The smallest absolute Gasteiger partial charge is 0.332 e. The van der Waals surface area contributed by atoms with Crippen molar-refractivity contribution >= 4 is 28.9 Å². The summed E-state index contributed by atoms with van der Waals surface area (Å²) in [6.45, 7) is 0. The quantitative estimate of drug-likeness (QED) is 0.820. The standard InChI is InChI=1S/C15H17F3N2OS/c16-15(17,18)11-6-3-7-12(9-11)19-14(22)20-13(21)8-10-4-1-2-5-10/h3,6-7,9-10H,1-2,4-5,8H2,(H2,19,20,21,22). The lowest BCUT2D eigenvalue weighted by molar-refractivity contribution is -0.137. The van der Waals surface area contributed by atoms with Crippen molar-refractivity contribution < 1.29 is 18.0 Å². The van der Waals surface area contributed by atoms with Gasteiger partial charge in [-0.25, -0.2) is 0 Å². The van der Waals surface area contributed by atoms with Crippen molar-refractivity contribution in [3.63, 3.8) is 0 Å². The third kappa shape index (κ3) is 4.98. The minimum absolute atomic E-state index is 0.0160. The Morgan fingerprint density at radius 2 is 1.95 bits per heavy atom. The van der Waals surface area contributed by atoms with Crippen LogP contribution in [0.15, 0.2) is 24.3 Å². The number of carbonyl (C=O) groups excluding carboxylic acids is 1. The van der Waals surface area contributed by atoms with E-state index in [0.29, 0.717) is 12.3 Å². The zero-order valence-electron chi connectivity index (χ0n) is 11.9. The van der Waals surface area contributed by atoms with Crippen molar-refractivity contribution in [1.29, 1.82) is 0 Å². The molecule has 1 fully saturated rings. The summed E-state index contributed by atoms with van der Waals surface area (Å²) in [4.78, 5) is 11.8. The van der Waals surface area contributed by atoms with Crippen molar-refractivity contribution in [2.75, 3.05) is 5.32 Å². The second kappa shape index (κ2) is 7.09. The fourth-order valence-electron chi connectivity index (χ4n) is 2.59. The molecule has 1 aromatic carbocycles. The van der Waals surface area contributed by atoms with Gasteiger partial charge in [-0.2, -0.15) is 13.2 Å². The van der Waals surface area contributed by atoms with Crippen molar-refractivity contribution in [1.82, 2.24) is 5.32 Å². The lowest BCUT2D eigenvalue weighted by Gasteiger charge is -2.13. The highest BCUT2D eigenvalue weighted by Gasteiger charge is 2.30. The van der Waals surface area contributed by atoms with Gasteiger partial charge in [-0.1, -0.05) is 18.9 Å². The van der Waals surface area contributed by atoms with E-state index in [1.54, 1.807) is 0 Å². The summed E-state index contributed by atoms with van der Waals surface area (Å²) >= 11 is 4.97.